The summed E-state index contributed by atoms with van der Waals surface area (Å²) in [4.78, 5) is 16.0. The molecule has 0 aliphatic heterocycles. The Balaban J connectivity index is 1.72. The minimum Gasteiger partial charge on any atom is -0.341 e. The number of likely N-dealkylation sites (N-methyl/N-ethyl adjacent to an activating group) is 1. The molecule has 1 amide bonds. The number of rotatable bonds is 5. The summed E-state index contributed by atoms with van der Waals surface area (Å²) in [5.41, 5.74) is 1.90. The van der Waals surface area contributed by atoms with Crippen LogP contribution in [0.4, 0.5) is 0 Å². The Hall–Kier alpha value is -1.45. The van der Waals surface area contributed by atoms with Crippen molar-refractivity contribution in [1.29, 1.82) is 0 Å². The number of nitrogens with zero attached hydrogens (tertiary/aromatic N) is 1. The molecule has 0 bridgehead atoms. The van der Waals surface area contributed by atoms with E-state index in [1.807, 2.05) is 36.2 Å². The first-order valence-corrected chi connectivity index (χ1v) is 9.30. The fraction of sp³-hybridized carbons (Fsp3) is 0.316. The second kappa shape index (κ2) is 6.58. The third kappa shape index (κ3) is 3.41. The smallest absolute Gasteiger partial charge is 0.233 e. The van der Waals surface area contributed by atoms with Crippen LogP contribution < -0.4 is 0 Å². The zero-order valence-electron chi connectivity index (χ0n) is 13.4. The van der Waals surface area contributed by atoms with Gasteiger partial charge < -0.3 is 4.90 Å². The van der Waals surface area contributed by atoms with Gasteiger partial charge in [-0.2, -0.15) is 0 Å². The molecule has 3 rings (SSSR count). The zero-order chi connectivity index (χ0) is 16.4. The zero-order valence-corrected chi connectivity index (χ0v) is 15.0. The fourth-order valence-corrected chi connectivity index (χ4v) is 3.50. The van der Waals surface area contributed by atoms with E-state index in [-0.39, 0.29) is 11.3 Å². The lowest BCUT2D eigenvalue weighted by molar-refractivity contribution is -0.133. The molecule has 0 atom stereocenters. The summed E-state index contributed by atoms with van der Waals surface area (Å²) < 4.78 is 0. The molecule has 4 heteroatoms. The summed E-state index contributed by atoms with van der Waals surface area (Å²) >= 11 is 7.68. The van der Waals surface area contributed by atoms with Crippen LogP contribution in [-0.4, -0.2) is 24.1 Å². The number of hydrogen-bond acceptors (Lipinski definition) is 2. The van der Waals surface area contributed by atoms with Gasteiger partial charge in [0.2, 0.25) is 5.91 Å². The molecular formula is C19H20ClNOS. The maximum absolute atomic E-state index is 12.9. The lowest BCUT2D eigenvalue weighted by atomic mass is 9.94. The van der Waals surface area contributed by atoms with Gasteiger partial charge in [0.05, 0.1) is 5.41 Å². The monoisotopic (exact) mass is 345 g/mol. The quantitative estimate of drug-likeness (QED) is 0.729. The third-order valence-corrected chi connectivity index (χ3v) is 5.48. The molecule has 0 radical (unpaired) electrons. The Labute approximate surface area is 146 Å². The largest absolute Gasteiger partial charge is 0.341 e. The topological polar surface area (TPSA) is 20.3 Å². The van der Waals surface area contributed by atoms with Crippen molar-refractivity contribution in [2.45, 2.75) is 29.7 Å². The van der Waals surface area contributed by atoms with Crippen molar-refractivity contribution in [3.05, 3.63) is 64.7 Å². The predicted octanol–water partition coefficient (Wildman–Crippen LogP) is 4.75. The van der Waals surface area contributed by atoms with Crippen molar-refractivity contribution in [3.8, 4) is 0 Å². The van der Waals surface area contributed by atoms with Crippen LogP contribution in [0.1, 0.15) is 24.0 Å². The van der Waals surface area contributed by atoms with Crippen LogP contribution in [0, 0.1) is 0 Å². The van der Waals surface area contributed by atoms with E-state index in [0.717, 1.165) is 24.0 Å². The molecule has 1 fully saturated rings. The molecule has 0 heterocycles. The van der Waals surface area contributed by atoms with Crippen LogP contribution in [0.15, 0.2) is 53.4 Å². The van der Waals surface area contributed by atoms with E-state index >= 15 is 0 Å². The maximum Gasteiger partial charge on any atom is 0.233 e. The first-order chi connectivity index (χ1) is 11.0. The van der Waals surface area contributed by atoms with E-state index in [2.05, 4.69) is 30.5 Å². The average Bonchev–Trinajstić information content (AvgIpc) is 3.37. The molecule has 1 aliphatic rings. The SMILES string of the molecule is CSc1ccc(CN(C)C(=O)C2(c3ccc(Cl)cc3)CC2)cc1. The Morgan fingerprint density at radius 3 is 2.26 bits per heavy atom. The van der Waals surface area contributed by atoms with Crippen LogP contribution in [0.3, 0.4) is 0 Å². The van der Waals surface area contributed by atoms with Crippen LogP contribution in [-0.2, 0) is 16.8 Å². The number of thioether (sulfide) groups is 1. The lowest BCUT2D eigenvalue weighted by Crippen LogP contribution is -2.36. The number of hydrogen-bond donors (Lipinski definition) is 0. The highest BCUT2D eigenvalue weighted by atomic mass is 35.5. The number of amides is 1. The second-order valence-electron chi connectivity index (χ2n) is 6.10. The molecule has 2 aromatic carbocycles. The summed E-state index contributed by atoms with van der Waals surface area (Å²) in [6.45, 7) is 0.642. The predicted molar refractivity (Wildman–Crippen MR) is 97.1 cm³/mol. The van der Waals surface area contributed by atoms with Gasteiger partial charge in [-0.25, -0.2) is 0 Å². The van der Waals surface area contributed by atoms with Crippen molar-refractivity contribution in [1.82, 2.24) is 4.90 Å². The van der Waals surface area contributed by atoms with E-state index in [1.54, 1.807) is 11.8 Å². The molecule has 0 saturated heterocycles. The summed E-state index contributed by atoms with van der Waals surface area (Å²) in [6.07, 6.45) is 3.90. The number of carbonyl (C=O) groups excluding carboxylic acids is 1. The Bertz CT molecular complexity index is 692. The fourth-order valence-electron chi connectivity index (χ4n) is 2.96. The Kier molecular flexibility index (Phi) is 4.69. The summed E-state index contributed by atoms with van der Waals surface area (Å²) in [5.74, 6) is 0.203. The van der Waals surface area contributed by atoms with Crippen molar-refractivity contribution in [2.24, 2.45) is 0 Å². The van der Waals surface area contributed by atoms with E-state index in [1.165, 1.54) is 4.90 Å². The van der Waals surface area contributed by atoms with E-state index < -0.39 is 0 Å². The molecule has 120 valence electrons. The van der Waals surface area contributed by atoms with Gasteiger partial charge in [0.1, 0.15) is 0 Å². The summed E-state index contributed by atoms with van der Waals surface area (Å²) in [7, 11) is 1.89. The normalized spacial score (nSPS) is 15.3. The van der Waals surface area contributed by atoms with Gasteiger partial charge in [-0.15, -0.1) is 11.8 Å². The number of halogens is 1. The first kappa shape index (κ1) is 16.4. The van der Waals surface area contributed by atoms with Gasteiger partial charge >= 0.3 is 0 Å². The highest BCUT2D eigenvalue weighted by Gasteiger charge is 2.52. The van der Waals surface area contributed by atoms with Gasteiger partial charge in [-0.3, -0.25) is 4.79 Å². The highest BCUT2D eigenvalue weighted by Crippen LogP contribution is 2.49. The molecule has 23 heavy (non-hydrogen) atoms. The molecule has 1 saturated carbocycles. The van der Waals surface area contributed by atoms with Crippen LogP contribution in [0.5, 0.6) is 0 Å². The third-order valence-electron chi connectivity index (χ3n) is 4.48. The molecule has 0 spiro atoms. The minimum absolute atomic E-state index is 0.203. The Morgan fingerprint density at radius 1 is 1.13 bits per heavy atom. The van der Waals surface area contributed by atoms with Crippen molar-refractivity contribution < 1.29 is 4.79 Å². The van der Waals surface area contributed by atoms with Crippen molar-refractivity contribution in [3.63, 3.8) is 0 Å². The molecule has 0 N–H and O–H groups in total. The van der Waals surface area contributed by atoms with E-state index in [9.17, 15) is 4.79 Å². The maximum atomic E-state index is 12.9. The minimum atomic E-state index is -0.335. The highest BCUT2D eigenvalue weighted by molar-refractivity contribution is 7.98. The first-order valence-electron chi connectivity index (χ1n) is 7.70. The van der Waals surface area contributed by atoms with Gasteiger partial charge in [0, 0.05) is 23.5 Å². The van der Waals surface area contributed by atoms with Gasteiger partial charge in [-0.1, -0.05) is 35.9 Å². The van der Waals surface area contributed by atoms with E-state index in [0.29, 0.717) is 11.6 Å². The van der Waals surface area contributed by atoms with Gasteiger partial charge in [0.15, 0.2) is 0 Å². The van der Waals surface area contributed by atoms with Gasteiger partial charge in [-0.05, 0) is 54.5 Å². The van der Waals surface area contributed by atoms with E-state index in [4.69, 9.17) is 11.6 Å². The average molecular weight is 346 g/mol. The molecule has 2 aromatic rings. The molecule has 0 unspecified atom stereocenters. The van der Waals surface area contributed by atoms with Gasteiger partial charge in [0.25, 0.3) is 0 Å². The summed E-state index contributed by atoms with van der Waals surface area (Å²) in [5, 5.41) is 0.708. The van der Waals surface area contributed by atoms with Crippen molar-refractivity contribution >= 4 is 29.3 Å². The Morgan fingerprint density at radius 2 is 1.74 bits per heavy atom. The molecular weight excluding hydrogens is 326 g/mol. The van der Waals surface area contributed by atoms with Crippen molar-refractivity contribution in [2.75, 3.05) is 13.3 Å². The lowest BCUT2D eigenvalue weighted by Gasteiger charge is -2.24. The molecule has 2 nitrogen and oxygen atoms in total. The second-order valence-corrected chi connectivity index (χ2v) is 7.41. The number of benzene rings is 2. The van der Waals surface area contributed by atoms with Crippen LogP contribution in [0.25, 0.3) is 0 Å². The number of carbonyl (C=O) groups is 1. The van der Waals surface area contributed by atoms with Crippen LogP contribution >= 0.6 is 23.4 Å². The standard InChI is InChI=1S/C19H20ClNOS/c1-21(13-14-3-9-17(23-2)10-4-14)18(22)19(11-12-19)15-5-7-16(20)8-6-15/h3-10H,11-13H2,1-2H3. The molecule has 1 aliphatic carbocycles. The molecule has 0 aromatic heterocycles. The summed E-state index contributed by atoms with van der Waals surface area (Å²) in [6, 6.07) is 16.1. The van der Waals surface area contributed by atoms with Crippen LogP contribution in [0.2, 0.25) is 5.02 Å².